The number of aromatic hydroxyl groups is 1. The molecule has 0 unspecified atom stereocenters. The number of benzene rings is 1. The molecule has 2 fully saturated rings. The molecule has 5 N–H and O–H groups in total. The zero-order valence-corrected chi connectivity index (χ0v) is 20.3. The number of hydrogen-bond acceptors (Lipinski definition) is 8. The van der Waals surface area contributed by atoms with Crippen LogP contribution in [-0.2, 0) is 7.05 Å². The van der Waals surface area contributed by atoms with Crippen molar-refractivity contribution in [2.24, 2.45) is 12.8 Å². The first-order valence-electron chi connectivity index (χ1n) is 12.1. The standard InChI is InChI=1S/C25H30N8O3/c1-14-19(30-25(36)16-7-8-18(15-5-6-15)20(34)10-16)4-3-9-33(14)21-12-27-22(23(26)35)24(31-21)29-17-11-28-32(2)13-17/h7-8,10-15,19,34H,3-6,9H2,1-2H3,(H2,26,35)(H,29,31)(H,30,36)/t14-,19-/m1/s1. The fraction of sp³-hybridized carbons (Fsp3) is 0.400. The highest BCUT2D eigenvalue weighted by Gasteiger charge is 2.32. The molecule has 2 aliphatic rings. The number of aryl methyl sites for hydroxylation is 1. The lowest BCUT2D eigenvalue weighted by Gasteiger charge is -2.40. The number of primary amides is 1. The third-order valence-electron chi connectivity index (χ3n) is 6.87. The van der Waals surface area contributed by atoms with E-state index in [4.69, 9.17) is 5.73 Å². The van der Waals surface area contributed by atoms with Gasteiger partial charge in [-0.15, -0.1) is 0 Å². The Labute approximate surface area is 208 Å². The number of carbonyl (C=O) groups is 2. The maximum atomic E-state index is 13.0. The minimum Gasteiger partial charge on any atom is -0.508 e. The number of nitrogens with two attached hydrogens (primary N) is 1. The molecule has 1 aromatic carbocycles. The van der Waals surface area contributed by atoms with Crippen molar-refractivity contribution in [2.45, 2.75) is 50.6 Å². The summed E-state index contributed by atoms with van der Waals surface area (Å²) >= 11 is 0. The third kappa shape index (κ3) is 4.81. The average molecular weight is 491 g/mol. The van der Waals surface area contributed by atoms with E-state index in [2.05, 4.69) is 30.6 Å². The summed E-state index contributed by atoms with van der Waals surface area (Å²) in [7, 11) is 1.79. The molecule has 36 heavy (non-hydrogen) atoms. The fourth-order valence-corrected chi connectivity index (χ4v) is 4.74. The van der Waals surface area contributed by atoms with Crippen LogP contribution in [-0.4, -0.2) is 55.3 Å². The van der Waals surface area contributed by atoms with Crippen LogP contribution in [0.4, 0.5) is 17.3 Å². The highest BCUT2D eigenvalue weighted by molar-refractivity contribution is 5.96. The third-order valence-corrected chi connectivity index (χ3v) is 6.87. The number of carbonyl (C=O) groups excluding carboxylic acids is 2. The van der Waals surface area contributed by atoms with Crippen molar-refractivity contribution < 1.29 is 14.7 Å². The Morgan fingerprint density at radius 1 is 1.19 bits per heavy atom. The van der Waals surface area contributed by atoms with Crippen LogP contribution in [0.25, 0.3) is 0 Å². The lowest BCUT2D eigenvalue weighted by Crippen LogP contribution is -2.54. The number of nitrogens with zero attached hydrogens (tertiary/aromatic N) is 5. The first-order valence-corrected chi connectivity index (χ1v) is 12.1. The molecule has 2 amide bonds. The van der Waals surface area contributed by atoms with Crippen molar-refractivity contribution in [1.82, 2.24) is 25.1 Å². The fourth-order valence-electron chi connectivity index (χ4n) is 4.74. The molecule has 1 saturated heterocycles. The van der Waals surface area contributed by atoms with Gasteiger partial charge in [0.15, 0.2) is 11.5 Å². The van der Waals surface area contributed by atoms with Crippen molar-refractivity contribution in [1.29, 1.82) is 0 Å². The molecule has 1 aliphatic heterocycles. The van der Waals surface area contributed by atoms with Gasteiger partial charge in [-0.1, -0.05) is 6.07 Å². The minimum absolute atomic E-state index is 0.0339. The van der Waals surface area contributed by atoms with Gasteiger partial charge in [0.1, 0.15) is 11.6 Å². The van der Waals surface area contributed by atoms with Crippen LogP contribution in [0.15, 0.2) is 36.8 Å². The van der Waals surface area contributed by atoms with Crippen molar-refractivity contribution in [3.05, 3.63) is 53.6 Å². The Morgan fingerprint density at radius 2 is 2.00 bits per heavy atom. The monoisotopic (exact) mass is 490 g/mol. The van der Waals surface area contributed by atoms with Crippen LogP contribution in [0.3, 0.4) is 0 Å². The number of phenolic OH excluding ortho intramolecular Hbond substituents is 1. The van der Waals surface area contributed by atoms with E-state index in [-0.39, 0.29) is 35.3 Å². The van der Waals surface area contributed by atoms with E-state index in [1.165, 1.54) is 6.20 Å². The quantitative estimate of drug-likeness (QED) is 0.394. The molecule has 11 nitrogen and oxygen atoms in total. The van der Waals surface area contributed by atoms with Gasteiger partial charge in [-0.25, -0.2) is 9.97 Å². The molecule has 5 rings (SSSR count). The second-order valence-electron chi connectivity index (χ2n) is 9.52. The summed E-state index contributed by atoms with van der Waals surface area (Å²) in [4.78, 5) is 35.9. The predicted octanol–water partition coefficient (Wildman–Crippen LogP) is 2.42. The molecule has 2 aromatic heterocycles. The lowest BCUT2D eigenvalue weighted by molar-refractivity contribution is 0.0923. The van der Waals surface area contributed by atoms with Gasteiger partial charge in [0, 0.05) is 37.4 Å². The van der Waals surface area contributed by atoms with Gasteiger partial charge in [-0.3, -0.25) is 14.3 Å². The highest BCUT2D eigenvalue weighted by atomic mass is 16.3. The van der Waals surface area contributed by atoms with Gasteiger partial charge in [-0.05, 0) is 56.2 Å². The van der Waals surface area contributed by atoms with Gasteiger partial charge in [0.25, 0.3) is 11.8 Å². The van der Waals surface area contributed by atoms with Crippen molar-refractivity contribution >= 4 is 29.1 Å². The number of hydrogen-bond donors (Lipinski definition) is 4. The maximum absolute atomic E-state index is 13.0. The minimum atomic E-state index is -0.687. The normalized spacial score (nSPS) is 19.7. The second-order valence-corrected chi connectivity index (χ2v) is 9.52. The van der Waals surface area contributed by atoms with E-state index in [1.54, 1.807) is 36.3 Å². The zero-order chi connectivity index (χ0) is 25.4. The highest BCUT2D eigenvalue weighted by Crippen LogP contribution is 2.44. The zero-order valence-electron chi connectivity index (χ0n) is 20.3. The number of nitrogens with one attached hydrogen (secondary N) is 2. The van der Waals surface area contributed by atoms with Crippen LogP contribution in [0, 0.1) is 0 Å². The largest absolute Gasteiger partial charge is 0.508 e. The predicted molar refractivity (Wildman–Crippen MR) is 134 cm³/mol. The summed E-state index contributed by atoms with van der Waals surface area (Å²) in [6, 6.07) is 4.97. The van der Waals surface area contributed by atoms with Crippen molar-refractivity contribution in [3.8, 4) is 5.75 Å². The molecule has 1 aliphatic carbocycles. The second kappa shape index (κ2) is 9.48. The summed E-state index contributed by atoms with van der Waals surface area (Å²) in [5, 5.41) is 20.7. The van der Waals surface area contributed by atoms with Crippen LogP contribution in [0.1, 0.15) is 64.9 Å². The first kappa shape index (κ1) is 23.6. The molecule has 1 saturated carbocycles. The van der Waals surface area contributed by atoms with E-state index in [9.17, 15) is 14.7 Å². The molecule has 0 radical (unpaired) electrons. The van der Waals surface area contributed by atoms with E-state index in [0.29, 0.717) is 23.0 Å². The smallest absolute Gasteiger partial charge is 0.271 e. The SMILES string of the molecule is C[C@@H]1[C@H](NC(=O)c2ccc(C3CC3)c(O)c2)CCCN1c1cnc(C(N)=O)c(Nc2cnn(C)c2)n1. The first-order chi connectivity index (χ1) is 17.3. The summed E-state index contributed by atoms with van der Waals surface area (Å²) in [6.45, 7) is 2.75. The van der Waals surface area contributed by atoms with E-state index < -0.39 is 5.91 Å². The Hall–Kier alpha value is -4.15. The molecule has 3 aromatic rings. The maximum Gasteiger partial charge on any atom is 0.271 e. The number of anilines is 3. The van der Waals surface area contributed by atoms with Crippen LogP contribution in [0.2, 0.25) is 0 Å². The Kier molecular flexibility index (Phi) is 6.21. The molecule has 188 valence electrons. The summed E-state index contributed by atoms with van der Waals surface area (Å²) in [5.41, 5.74) is 7.56. The van der Waals surface area contributed by atoms with Gasteiger partial charge in [0.2, 0.25) is 0 Å². The lowest BCUT2D eigenvalue weighted by atomic mass is 9.96. The molecule has 3 heterocycles. The molecule has 2 atom stereocenters. The van der Waals surface area contributed by atoms with Gasteiger partial charge < -0.3 is 26.4 Å². The topological polar surface area (TPSA) is 151 Å². The van der Waals surface area contributed by atoms with Gasteiger partial charge in [0.05, 0.1) is 18.1 Å². The number of piperidine rings is 1. The van der Waals surface area contributed by atoms with Crippen molar-refractivity contribution in [2.75, 3.05) is 16.8 Å². The van der Waals surface area contributed by atoms with E-state index in [1.807, 2.05) is 13.0 Å². The van der Waals surface area contributed by atoms with E-state index >= 15 is 0 Å². The average Bonchev–Trinajstić information content (AvgIpc) is 3.61. The number of amides is 2. The van der Waals surface area contributed by atoms with Crippen LogP contribution >= 0.6 is 0 Å². The van der Waals surface area contributed by atoms with Crippen molar-refractivity contribution in [3.63, 3.8) is 0 Å². The summed E-state index contributed by atoms with van der Waals surface area (Å²) in [6.07, 6.45) is 8.71. The number of aromatic nitrogens is 4. The van der Waals surface area contributed by atoms with E-state index in [0.717, 1.165) is 37.8 Å². The molecular formula is C25H30N8O3. The summed E-state index contributed by atoms with van der Waals surface area (Å²) in [5.74, 6) is 0.506. The Balaban J connectivity index is 1.33. The van der Waals surface area contributed by atoms with Gasteiger partial charge >= 0.3 is 0 Å². The summed E-state index contributed by atoms with van der Waals surface area (Å²) < 4.78 is 1.63. The molecular weight excluding hydrogens is 460 g/mol. The molecule has 0 spiro atoms. The number of rotatable bonds is 7. The number of phenols is 1. The van der Waals surface area contributed by atoms with Gasteiger partial charge in [-0.2, -0.15) is 5.10 Å². The van der Waals surface area contributed by atoms with Crippen LogP contribution in [0.5, 0.6) is 5.75 Å². The Bertz CT molecular complexity index is 1300. The van der Waals surface area contributed by atoms with Crippen LogP contribution < -0.4 is 21.3 Å². The molecule has 11 heteroatoms. The molecule has 0 bridgehead atoms. The Morgan fingerprint density at radius 3 is 2.67 bits per heavy atom.